The predicted octanol–water partition coefficient (Wildman–Crippen LogP) is 8.89. The number of hydrogen-bond acceptors (Lipinski definition) is 8. The van der Waals surface area contributed by atoms with E-state index in [1.807, 2.05) is 0 Å². The van der Waals surface area contributed by atoms with Gasteiger partial charge in [-0.05, 0) is 126 Å². The van der Waals surface area contributed by atoms with Crippen molar-refractivity contribution in [3.63, 3.8) is 0 Å². The van der Waals surface area contributed by atoms with Gasteiger partial charge in [0.2, 0.25) is 6.29 Å². The molecule has 8 heteroatoms. The van der Waals surface area contributed by atoms with E-state index in [1.54, 1.807) is 0 Å². The molecule has 5 atom stereocenters. The molecule has 0 radical (unpaired) electrons. The van der Waals surface area contributed by atoms with Crippen LogP contribution < -0.4 is 18.9 Å². The van der Waals surface area contributed by atoms with Crippen LogP contribution in [-0.2, 0) is 18.9 Å². The minimum Gasteiger partial charge on any atom is -0.491 e. The molecule has 4 aliphatic rings. The van der Waals surface area contributed by atoms with Gasteiger partial charge in [0, 0.05) is 23.5 Å². The molecule has 4 fully saturated rings. The van der Waals surface area contributed by atoms with Gasteiger partial charge in [0.25, 0.3) is 0 Å². The van der Waals surface area contributed by atoms with Crippen LogP contribution in [0.4, 0.5) is 0 Å². The molecule has 0 aliphatic carbocycles. The van der Waals surface area contributed by atoms with E-state index in [1.165, 1.54) is 0 Å². The lowest BCUT2D eigenvalue weighted by Crippen LogP contribution is -2.32. The van der Waals surface area contributed by atoms with Crippen LogP contribution in [0, 0.1) is 27.7 Å². The highest BCUT2D eigenvalue weighted by Gasteiger charge is 2.31. The summed E-state index contributed by atoms with van der Waals surface area (Å²) in [6.45, 7) is 13.0. The molecule has 5 unspecified atom stereocenters. The van der Waals surface area contributed by atoms with Crippen molar-refractivity contribution in [2.24, 2.45) is 0 Å². The monoisotopic (exact) mass is 740 g/mol. The van der Waals surface area contributed by atoms with Crippen molar-refractivity contribution >= 4 is 0 Å². The number of epoxide rings is 3. The van der Waals surface area contributed by atoms with Gasteiger partial charge in [0.1, 0.15) is 61.1 Å². The van der Waals surface area contributed by atoms with Crippen LogP contribution in [0.5, 0.6) is 23.0 Å². The third kappa shape index (κ3) is 8.24. The molecular formula is C47H48O8. The van der Waals surface area contributed by atoms with Gasteiger partial charge >= 0.3 is 0 Å². The van der Waals surface area contributed by atoms with Crippen LogP contribution in [0.15, 0.2) is 91.0 Å². The van der Waals surface area contributed by atoms with E-state index in [4.69, 9.17) is 37.9 Å². The highest BCUT2D eigenvalue weighted by Crippen LogP contribution is 2.47. The lowest BCUT2D eigenvalue weighted by molar-refractivity contribution is -0.165. The molecule has 4 saturated heterocycles. The van der Waals surface area contributed by atoms with Gasteiger partial charge in [-0.3, -0.25) is 0 Å². The van der Waals surface area contributed by atoms with Crippen LogP contribution in [0.2, 0.25) is 0 Å². The third-order valence-electron chi connectivity index (χ3n) is 10.8. The smallest absolute Gasteiger partial charge is 0.202 e. The van der Waals surface area contributed by atoms with Gasteiger partial charge in [-0.15, -0.1) is 0 Å². The van der Waals surface area contributed by atoms with Gasteiger partial charge in [-0.2, -0.15) is 0 Å². The summed E-state index contributed by atoms with van der Waals surface area (Å²) in [4.78, 5) is 0. The van der Waals surface area contributed by atoms with Gasteiger partial charge in [-0.1, -0.05) is 42.5 Å². The minimum absolute atomic E-state index is 0.104. The fourth-order valence-electron chi connectivity index (χ4n) is 7.36. The number of benzene rings is 5. The summed E-state index contributed by atoms with van der Waals surface area (Å²) in [6.07, 6.45) is 1.15. The topological polar surface area (TPSA) is 83.7 Å². The molecule has 0 saturated carbocycles. The Kier molecular flexibility index (Phi) is 9.99. The van der Waals surface area contributed by atoms with Crippen molar-refractivity contribution in [2.75, 3.05) is 46.2 Å². The van der Waals surface area contributed by atoms with E-state index in [0.717, 1.165) is 104 Å². The van der Waals surface area contributed by atoms with E-state index >= 15 is 0 Å². The van der Waals surface area contributed by atoms with Crippen molar-refractivity contribution in [1.82, 2.24) is 0 Å². The molecule has 0 N–H and O–H groups in total. The van der Waals surface area contributed by atoms with Crippen LogP contribution in [0.1, 0.15) is 51.3 Å². The van der Waals surface area contributed by atoms with Crippen LogP contribution in [0.25, 0.3) is 22.3 Å². The SMILES string of the molecule is Cc1cc(-c2cc(C)c(OCC3CO3)c(C(c3ccccc3)c3cc(-c4ccc(OC5CCO5)c(C)c4)cc(C)c3OCC3CO3)c2)ccc1OCC1CO1. The van der Waals surface area contributed by atoms with E-state index in [0.29, 0.717) is 33.0 Å². The van der Waals surface area contributed by atoms with E-state index in [9.17, 15) is 0 Å². The van der Waals surface area contributed by atoms with E-state index in [2.05, 4.69) is 119 Å². The van der Waals surface area contributed by atoms with Gasteiger partial charge < -0.3 is 37.9 Å². The standard InChI is InChI=1S/C47H48O8/c1-28-16-33(10-12-42(28)52-25-37-22-49-37)35-18-30(3)46(53-26-38-23-50-38)40(20-35)45(32-8-6-5-7-9-32)41-21-36(19-31(4)47(41)54-27-39-24-51-39)34-11-13-43(29(2)17-34)55-44-14-15-48-44/h5-13,16-21,37-39,44-45H,14-15,22-27H2,1-4H3. The molecular weight excluding hydrogens is 693 g/mol. The van der Waals surface area contributed by atoms with Crippen LogP contribution >= 0.6 is 0 Å². The van der Waals surface area contributed by atoms with Crippen molar-refractivity contribution in [2.45, 2.75) is 64.6 Å². The zero-order chi connectivity index (χ0) is 37.5. The van der Waals surface area contributed by atoms with Crippen molar-refractivity contribution in [3.05, 3.63) is 130 Å². The van der Waals surface area contributed by atoms with Crippen molar-refractivity contribution in [1.29, 1.82) is 0 Å². The predicted molar refractivity (Wildman–Crippen MR) is 211 cm³/mol. The normalized spacial score (nSPS) is 21.3. The summed E-state index contributed by atoms with van der Waals surface area (Å²) in [5, 5.41) is 0. The summed E-state index contributed by atoms with van der Waals surface area (Å²) in [5.74, 6) is 3.22. The summed E-state index contributed by atoms with van der Waals surface area (Å²) in [7, 11) is 0. The zero-order valence-corrected chi connectivity index (χ0v) is 32.0. The molecule has 8 nitrogen and oxygen atoms in total. The maximum atomic E-state index is 6.74. The zero-order valence-electron chi connectivity index (χ0n) is 32.0. The molecule has 0 spiro atoms. The molecule has 5 aromatic carbocycles. The fraction of sp³-hybridized carbons (Fsp3) is 0.362. The molecule has 4 heterocycles. The summed E-state index contributed by atoms with van der Waals surface area (Å²) >= 11 is 0. The Bertz CT molecular complexity index is 2160. The maximum absolute atomic E-state index is 6.74. The average molecular weight is 741 g/mol. The Morgan fingerprint density at radius 1 is 0.527 bits per heavy atom. The Balaban J connectivity index is 1.18. The lowest BCUT2D eigenvalue weighted by Gasteiger charge is -2.28. The lowest BCUT2D eigenvalue weighted by atomic mass is 9.80. The molecule has 55 heavy (non-hydrogen) atoms. The molecule has 284 valence electrons. The highest BCUT2D eigenvalue weighted by atomic mass is 16.7. The molecule has 0 bridgehead atoms. The second kappa shape index (κ2) is 15.3. The Labute approximate surface area is 323 Å². The highest BCUT2D eigenvalue weighted by molar-refractivity contribution is 5.74. The Morgan fingerprint density at radius 3 is 1.45 bits per heavy atom. The molecule has 4 aliphatic heterocycles. The summed E-state index contributed by atoms with van der Waals surface area (Å²) in [5.41, 5.74) is 11.9. The fourth-order valence-corrected chi connectivity index (χ4v) is 7.36. The summed E-state index contributed by atoms with van der Waals surface area (Å²) in [6, 6.07) is 32.6. The molecule has 5 aromatic rings. The Morgan fingerprint density at radius 2 is 1.00 bits per heavy atom. The number of rotatable bonds is 16. The van der Waals surface area contributed by atoms with Gasteiger partial charge in [-0.25, -0.2) is 0 Å². The van der Waals surface area contributed by atoms with Crippen molar-refractivity contribution in [3.8, 4) is 45.3 Å². The molecule has 0 aromatic heterocycles. The van der Waals surface area contributed by atoms with E-state index in [-0.39, 0.29) is 30.5 Å². The second-order valence-electron chi connectivity index (χ2n) is 15.2. The largest absolute Gasteiger partial charge is 0.491 e. The van der Waals surface area contributed by atoms with Crippen LogP contribution in [-0.4, -0.2) is 70.9 Å². The first-order chi connectivity index (χ1) is 26.9. The number of hydrogen-bond donors (Lipinski definition) is 0. The summed E-state index contributed by atoms with van der Waals surface area (Å²) < 4.78 is 47.8. The first-order valence-corrected chi connectivity index (χ1v) is 19.4. The first-order valence-electron chi connectivity index (χ1n) is 19.4. The second-order valence-corrected chi connectivity index (χ2v) is 15.2. The minimum atomic E-state index is -0.231. The average Bonchev–Trinajstić information content (AvgIpc) is 4.01. The van der Waals surface area contributed by atoms with Gasteiger partial charge in [0.15, 0.2) is 0 Å². The third-order valence-corrected chi connectivity index (χ3v) is 10.8. The molecule has 0 amide bonds. The quantitative estimate of drug-likeness (QED) is 0.0733. The Hall–Kier alpha value is -4.86. The molecule has 9 rings (SSSR count). The number of ether oxygens (including phenoxy) is 8. The van der Waals surface area contributed by atoms with Crippen LogP contribution in [0.3, 0.4) is 0 Å². The van der Waals surface area contributed by atoms with Crippen molar-refractivity contribution < 1.29 is 37.9 Å². The van der Waals surface area contributed by atoms with E-state index < -0.39 is 0 Å². The van der Waals surface area contributed by atoms with Gasteiger partial charge in [0.05, 0.1) is 26.4 Å². The number of aryl methyl sites for hydroxylation is 4. The maximum Gasteiger partial charge on any atom is 0.202 e. The first kappa shape index (κ1) is 35.8.